The van der Waals surface area contributed by atoms with Crippen molar-refractivity contribution in [1.82, 2.24) is 35.1 Å². The molecule has 0 saturated carbocycles. The second-order valence-electron chi connectivity index (χ2n) is 7.62. The summed E-state index contributed by atoms with van der Waals surface area (Å²) in [6.45, 7) is 0.401. The fourth-order valence-corrected chi connectivity index (χ4v) is 3.85. The lowest BCUT2D eigenvalue weighted by Crippen LogP contribution is -2.25. The van der Waals surface area contributed by atoms with Gasteiger partial charge in [0.05, 0.1) is 16.8 Å². The van der Waals surface area contributed by atoms with Gasteiger partial charge in [-0.3, -0.25) is 19.1 Å². The molecule has 0 atom stereocenters. The summed E-state index contributed by atoms with van der Waals surface area (Å²) in [7, 11) is 1.77. The molecule has 1 amide bonds. The highest BCUT2D eigenvalue weighted by Crippen LogP contribution is 2.34. The number of benzene rings is 2. The first-order chi connectivity index (χ1) is 15.8. The molecule has 0 aliphatic rings. The normalized spacial score (nSPS) is 12.0. The Labute approximate surface area is 185 Å². The van der Waals surface area contributed by atoms with Crippen molar-refractivity contribution in [3.8, 4) is 5.69 Å². The highest BCUT2D eigenvalue weighted by Gasteiger charge is 2.30. The van der Waals surface area contributed by atoms with Gasteiger partial charge in [-0.25, -0.2) is 0 Å². The Bertz CT molecular complexity index is 1450. The number of aromatic amines is 1. The van der Waals surface area contributed by atoms with Crippen molar-refractivity contribution in [1.29, 1.82) is 0 Å². The van der Waals surface area contributed by atoms with Gasteiger partial charge >= 0.3 is 6.18 Å². The van der Waals surface area contributed by atoms with Gasteiger partial charge in [0.1, 0.15) is 0 Å². The SMILES string of the molecule is Cn1cc2c3cc(C(=O)NCCc4c[nH]nn4)ccc3n(-c3ccc(C(F)(F)F)cc3)c2n1. The lowest BCUT2D eigenvalue weighted by Gasteiger charge is -2.10. The zero-order chi connectivity index (χ0) is 23.2. The van der Waals surface area contributed by atoms with Crippen LogP contribution in [0.5, 0.6) is 0 Å². The molecule has 0 saturated heterocycles. The molecule has 0 bridgehead atoms. The summed E-state index contributed by atoms with van der Waals surface area (Å²) in [6, 6.07) is 10.2. The van der Waals surface area contributed by atoms with Gasteiger partial charge in [0.15, 0.2) is 5.65 Å². The molecule has 0 radical (unpaired) electrons. The van der Waals surface area contributed by atoms with Crippen molar-refractivity contribution in [2.24, 2.45) is 7.05 Å². The number of aromatic nitrogens is 6. The maximum atomic E-state index is 13.0. The van der Waals surface area contributed by atoms with Crippen LogP contribution in [0.15, 0.2) is 54.9 Å². The third-order valence-corrected chi connectivity index (χ3v) is 5.40. The van der Waals surface area contributed by atoms with Gasteiger partial charge in [0, 0.05) is 54.4 Å². The molecule has 0 aliphatic carbocycles. The Morgan fingerprint density at radius 3 is 2.61 bits per heavy atom. The van der Waals surface area contributed by atoms with Crippen LogP contribution in [0.2, 0.25) is 0 Å². The first kappa shape index (κ1) is 20.7. The maximum absolute atomic E-state index is 13.0. The highest BCUT2D eigenvalue weighted by molar-refractivity contribution is 6.10. The third-order valence-electron chi connectivity index (χ3n) is 5.40. The van der Waals surface area contributed by atoms with Gasteiger partial charge in [-0.2, -0.15) is 18.3 Å². The van der Waals surface area contributed by atoms with Crippen LogP contribution in [0, 0.1) is 0 Å². The molecule has 168 valence electrons. The smallest absolute Gasteiger partial charge is 0.352 e. The molecular formula is C22H18F3N7O. The second-order valence-corrected chi connectivity index (χ2v) is 7.62. The van der Waals surface area contributed by atoms with Crippen molar-refractivity contribution in [3.05, 3.63) is 71.7 Å². The number of aryl methyl sites for hydroxylation is 1. The summed E-state index contributed by atoms with van der Waals surface area (Å²) in [5.41, 5.74) is 2.38. The maximum Gasteiger partial charge on any atom is 0.416 e. The van der Waals surface area contributed by atoms with Crippen molar-refractivity contribution in [2.45, 2.75) is 12.6 Å². The van der Waals surface area contributed by atoms with E-state index in [2.05, 4.69) is 25.8 Å². The number of carbonyl (C=O) groups is 1. The number of nitrogens with one attached hydrogen (secondary N) is 2. The average molecular weight is 453 g/mol. The van der Waals surface area contributed by atoms with E-state index < -0.39 is 11.7 Å². The number of nitrogens with zero attached hydrogens (tertiary/aromatic N) is 5. The molecule has 8 nitrogen and oxygen atoms in total. The molecular weight excluding hydrogens is 435 g/mol. The van der Waals surface area contributed by atoms with Crippen LogP contribution in [0.1, 0.15) is 21.6 Å². The van der Waals surface area contributed by atoms with Gasteiger partial charge in [0.2, 0.25) is 0 Å². The van der Waals surface area contributed by atoms with E-state index in [0.29, 0.717) is 29.9 Å². The molecule has 0 spiro atoms. The first-order valence-corrected chi connectivity index (χ1v) is 10.1. The van der Waals surface area contributed by atoms with Crippen LogP contribution in [0.25, 0.3) is 27.6 Å². The number of H-pyrrole nitrogens is 1. The number of hydrogen-bond acceptors (Lipinski definition) is 4. The lowest BCUT2D eigenvalue weighted by molar-refractivity contribution is -0.137. The molecule has 3 aromatic heterocycles. The molecule has 2 N–H and O–H groups in total. The van der Waals surface area contributed by atoms with Crippen LogP contribution in [-0.2, 0) is 19.6 Å². The number of halogens is 3. The van der Waals surface area contributed by atoms with E-state index in [0.717, 1.165) is 34.1 Å². The molecule has 5 rings (SSSR count). The van der Waals surface area contributed by atoms with E-state index in [-0.39, 0.29) is 5.91 Å². The van der Waals surface area contributed by atoms with Crippen LogP contribution in [0.4, 0.5) is 13.2 Å². The number of amides is 1. The molecule has 33 heavy (non-hydrogen) atoms. The second kappa shape index (κ2) is 7.76. The summed E-state index contributed by atoms with van der Waals surface area (Å²) >= 11 is 0. The molecule has 0 unspecified atom stereocenters. The predicted octanol–water partition coefficient (Wildman–Crippen LogP) is 3.63. The van der Waals surface area contributed by atoms with Crippen LogP contribution >= 0.6 is 0 Å². The van der Waals surface area contributed by atoms with E-state index in [1.165, 1.54) is 12.1 Å². The Hall–Kier alpha value is -4.15. The predicted molar refractivity (Wildman–Crippen MR) is 115 cm³/mol. The minimum Gasteiger partial charge on any atom is -0.352 e. The Balaban J connectivity index is 1.51. The van der Waals surface area contributed by atoms with Crippen molar-refractivity contribution < 1.29 is 18.0 Å². The molecule has 0 aliphatic heterocycles. The van der Waals surface area contributed by atoms with Crippen molar-refractivity contribution in [2.75, 3.05) is 6.54 Å². The molecule has 3 heterocycles. The Morgan fingerprint density at radius 1 is 1.12 bits per heavy atom. The monoisotopic (exact) mass is 453 g/mol. The fourth-order valence-electron chi connectivity index (χ4n) is 3.85. The van der Waals surface area contributed by atoms with Crippen molar-refractivity contribution in [3.63, 3.8) is 0 Å². The van der Waals surface area contributed by atoms with Gasteiger partial charge < -0.3 is 5.32 Å². The Morgan fingerprint density at radius 2 is 1.91 bits per heavy atom. The third kappa shape index (κ3) is 3.81. The van der Waals surface area contributed by atoms with Crippen LogP contribution in [-0.4, -0.2) is 42.2 Å². The fraction of sp³-hybridized carbons (Fsp3) is 0.182. The summed E-state index contributed by atoms with van der Waals surface area (Å²) in [5.74, 6) is -0.236. The van der Waals surface area contributed by atoms with E-state index >= 15 is 0 Å². The summed E-state index contributed by atoms with van der Waals surface area (Å²) in [6.07, 6.45) is -0.374. The number of fused-ring (bicyclic) bond motifs is 3. The lowest BCUT2D eigenvalue weighted by atomic mass is 10.1. The van der Waals surface area contributed by atoms with Gasteiger partial charge in [0.25, 0.3) is 5.91 Å². The minimum atomic E-state index is -4.41. The number of carbonyl (C=O) groups excluding carboxylic acids is 1. The number of rotatable bonds is 5. The number of alkyl halides is 3. The van der Waals surface area contributed by atoms with E-state index in [1.807, 2.05) is 6.20 Å². The van der Waals surface area contributed by atoms with Crippen LogP contribution < -0.4 is 5.32 Å². The quantitative estimate of drug-likeness (QED) is 0.425. The van der Waals surface area contributed by atoms with Gasteiger partial charge in [-0.15, -0.1) is 5.10 Å². The topological polar surface area (TPSA) is 93.4 Å². The largest absolute Gasteiger partial charge is 0.416 e. The highest BCUT2D eigenvalue weighted by atomic mass is 19.4. The van der Waals surface area contributed by atoms with Gasteiger partial charge in [-0.1, -0.05) is 5.21 Å². The zero-order valence-electron chi connectivity index (χ0n) is 17.4. The van der Waals surface area contributed by atoms with E-state index in [9.17, 15) is 18.0 Å². The summed E-state index contributed by atoms with van der Waals surface area (Å²) in [4.78, 5) is 12.7. The summed E-state index contributed by atoms with van der Waals surface area (Å²) in [5, 5.41) is 19.1. The molecule has 11 heteroatoms. The van der Waals surface area contributed by atoms with E-state index in [1.54, 1.807) is 40.7 Å². The van der Waals surface area contributed by atoms with E-state index in [4.69, 9.17) is 0 Å². The zero-order valence-corrected chi connectivity index (χ0v) is 17.4. The van der Waals surface area contributed by atoms with Crippen molar-refractivity contribution >= 4 is 27.8 Å². The summed E-state index contributed by atoms with van der Waals surface area (Å²) < 4.78 is 42.4. The average Bonchev–Trinajstić information content (AvgIpc) is 3.49. The first-order valence-electron chi connectivity index (χ1n) is 10.1. The molecule has 5 aromatic rings. The Kier molecular flexibility index (Phi) is 4.88. The van der Waals surface area contributed by atoms with Gasteiger partial charge in [-0.05, 0) is 42.5 Å². The number of hydrogen-bond donors (Lipinski definition) is 2. The molecule has 2 aromatic carbocycles. The molecule has 0 fully saturated rings. The van der Waals surface area contributed by atoms with Crippen LogP contribution in [0.3, 0.4) is 0 Å². The minimum absolute atomic E-state index is 0.236. The standard InChI is InChI=1S/C22H18F3N7O/c1-31-12-18-17-10-13(21(33)26-9-8-15-11-27-30-28-15)2-7-19(17)32(20(18)29-31)16-5-3-14(4-6-16)22(23,24)25/h2-7,10-12H,8-9H2,1H3,(H,26,33)(H,27,28,30).